The fourth-order valence-electron chi connectivity index (χ4n) is 2.36. The van der Waals surface area contributed by atoms with Crippen LogP contribution in [0.25, 0.3) is 0 Å². The number of nitrogens with one attached hydrogen (secondary N) is 1. The number of nitrogens with zero attached hydrogens (tertiary/aromatic N) is 1. The molecule has 2 aromatic rings. The molecule has 0 unspecified atom stereocenters. The minimum absolute atomic E-state index is 0.0783. The Morgan fingerprint density at radius 3 is 2.11 bits per heavy atom. The van der Waals surface area contributed by atoms with Crippen molar-refractivity contribution in [1.29, 1.82) is 0 Å². The lowest BCUT2D eigenvalue weighted by molar-refractivity contribution is -0.129. The summed E-state index contributed by atoms with van der Waals surface area (Å²) in [6.07, 6.45) is 0. The molecule has 2 amide bonds. The summed E-state index contributed by atoms with van der Waals surface area (Å²) in [5, 5.41) is 2.63. The van der Waals surface area contributed by atoms with Gasteiger partial charge in [-0.3, -0.25) is 9.59 Å². The van der Waals surface area contributed by atoms with Crippen molar-refractivity contribution in [3.05, 3.63) is 54.1 Å². The van der Waals surface area contributed by atoms with E-state index in [0.29, 0.717) is 36.8 Å². The summed E-state index contributed by atoms with van der Waals surface area (Å²) in [5.74, 6) is 1.65. The normalized spacial score (nSPS) is 10.1. The van der Waals surface area contributed by atoms with Crippen molar-refractivity contribution in [2.24, 2.45) is 0 Å². The first-order valence-corrected chi connectivity index (χ1v) is 9.05. The van der Waals surface area contributed by atoms with Crippen LogP contribution >= 0.6 is 0 Å². The molecule has 0 aliphatic heterocycles. The monoisotopic (exact) mass is 386 g/mol. The van der Waals surface area contributed by atoms with Crippen molar-refractivity contribution in [3.63, 3.8) is 0 Å². The van der Waals surface area contributed by atoms with Crippen LogP contribution in [0.5, 0.6) is 17.2 Å². The van der Waals surface area contributed by atoms with Gasteiger partial charge in [-0.15, -0.1) is 0 Å². The zero-order chi connectivity index (χ0) is 20.4. The van der Waals surface area contributed by atoms with E-state index in [1.807, 2.05) is 6.92 Å². The van der Waals surface area contributed by atoms with Gasteiger partial charge in [0.05, 0.1) is 26.8 Å². The summed E-state index contributed by atoms with van der Waals surface area (Å²) < 4.78 is 16.0. The first-order chi connectivity index (χ1) is 13.5. The topological polar surface area (TPSA) is 77.1 Å². The van der Waals surface area contributed by atoms with Crippen LogP contribution in [0.3, 0.4) is 0 Å². The largest absolute Gasteiger partial charge is 0.497 e. The Morgan fingerprint density at radius 2 is 1.50 bits per heavy atom. The molecule has 150 valence electrons. The Labute approximate surface area is 165 Å². The van der Waals surface area contributed by atoms with Crippen molar-refractivity contribution < 1.29 is 23.8 Å². The van der Waals surface area contributed by atoms with Crippen LogP contribution < -0.4 is 19.5 Å². The molecule has 28 heavy (non-hydrogen) atoms. The first kappa shape index (κ1) is 21.1. The lowest BCUT2D eigenvalue weighted by Gasteiger charge is -2.18. The summed E-state index contributed by atoms with van der Waals surface area (Å²) in [4.78, 5) is 25.8. The molecular weight excluding hydrogens is 360 g/mol. The van der Waals surface area contributed by atoms with E-state index in [1.54, 1.807) is 62.7 Å². The maximum Gasteiger partial charge on any atom is 0.251 e. The molecule has 1 N–H and O–H groups in total. The van der Waals surface area contributed by atoms with Gasteiger partial charge in [0.2, 0.25) is 5.91 Å². The van der Waals surface area contributed by atoms with Crippen molar-refractivity contribution in [1.82, 2.24) is 10.2 Å². The van der Waals surface area contributed by atoms with Crippen LogP contribution in [0.1, 0.15) is 17.3 Å². The van der Waals surface area contributed by atoms with Gasteiger partial charge < -0.3 is 24.4 Å². The Morgan fingerprint density at radius 1 is 0.929 bits per heavy atom. The zero-order valence-corrected chi connectivity index (χ0v) is 16.4. The van der Waals surface area contributed by atoms with Crippen LogP contribution in [0.2, 0.25) is 0 Å². The summed E-state index contributed by atoms with van der Waals surface area (Å²) in [7, 11) is 3.27. The molecule has 0 spiro atoms. The van der Waals surface area contributed by atoms with Gasteiger partial charge in [-0.2, -0.15) is 0 Å². The number of carbonyl (C=O) groups is 2. The molecule has 0 fully saturated rings. The molecule has 0 aromatic heterocycles. The predicted molar refractivity (Wildman–Crippen MR) is 106 cm³/mol. The van der Waals surface area contributed by atoms with E-state index in [0.717, 1.165) is 5.75 Å². The maximum absolute atomic E-state index is 12.2. The lowest BCUT2D eigenvalue weighted by Crippen LogP contribution is -2.39. The number of hydrogen-bond acceptors (Lipinski definition) is 5. The number of amides is 2. The van der Waals surface area contributed by atoms with E-state index < -0.39 is 0 Å². The van der Waals surface area contributed by atoms with Crippen LogP contribution in [-0.2, 0) is 4.79 Å². The summed E-state index contributed by atoms with van der Waals surface area (Å²) in [5.41, 5.74) is 0.474. The zero-order valence-electron chi connectivity index (χ0n) is 16.4. The average molecular weight is 386 g/mol. The number of ether oxygens (including phenoxy) is 3. The van der Waals surface area contributed by atoms with Crippen LogP contribution in [0.4, 0.5) is 0 Å². The smallest absolute Gasteiger partial charge is 0.251 e. The Hall–Kier alpha value is -3.22. The van der Waals surface area contributed by atoms with Crippen molar-refractivity contribution >= 4 is 11.8 Å². The third kappa shape index (κ3) is 6.50. The lowest BCUT2D eigenvalue weighted by atomic mass is 10.2. The third-order valence-electron chi connectivity index (χ3n) is 4.01. The molecule has 0 radical (unpaired) electrons. The molecule has 0 saturated heterocycles. The first-order valence-electron chi connectivity index (χ1n) is 9.05. The number of carbonyl (C=O) groups excluding carboxylic acids is 2. The van der Waals surface area contributed by atoms with Crippen molar-refractivity contribution in [2.75, 3.05) is 40.5 Å². The highest BCUT2D eigenvalue weighted by Gasteiger charge is 2.12. The highest BCUT2D eigenvalue weighted by Crippen LogP contribution is 2.16. The van der Waals surface area contributed by atoms with E-state index in [4.69, 9.17) is 14.2 Å². The number of methoxy groups -OCH3 is 1. The van der Waals surface area contributed by atoms with Gasteiger partial charge in [-0.05, 0) is 55.5 Å². The Balaban J connectivity index is 1.71. The molecular formula is C21H26N2O5. The Kier molecular flexibility index (Phi) is 8.14. The standard InChI is InChI=1S/C21H26N2O5/c1-4-27-18-7-5-16(6-8-18)21(25)22-15-20(24)23(2)13-14-28-19-11-9-17(26-3)10-12-19/h5-12H,4,13-15H2,1-3H3,(H,22,25). The van der Waals surface area contributed by atoms with Gasteiger partial charge >= 0.3 is 0 Å². The summed E-state index contributed by atoms with van der Waals surface area (Å²) in [6.45, 7) is 3.13. The fraction of sp³-hybridized carbons (Fsp3) is 0.333. The Bertz CT molecular complexity index is 759. The quantitative estimate of drug-likeness (QED) is 0.678. The van der Waals surface area contributed by atoms with E-state index in [1.165, 1.54) is 4.90 Å². The van der Waals surface area contributed by atoms with Crippen LogP contribution in [-0.4, -0.2) is 57.2 Å². The van der Waals surface area contributed by atoms with Gasteiger partial charge in [-0.1, -0.05) is 0 Å². The van der Waals surface area contributed by atoms with E-state index in [9.17, 15) is 9.59 Å². The number of benzene rings is 2. The molecule has 0 saturated carbocycles. The molecule has 2 rings (SSSR count). The second-order valence-corrected chi connectivity index (χ2v) is 5.98. The second-order valence-electron chi connectivity index (χ2n) is 5.98. The molecule has 0 aliphatic carbocycles. The van der Waals surface area contributed by atoms with Gasteiger partial charge in [0.1, 0.15) is 23.9 Å². The van der Waals surface area contributed by atoms with Gasteiger partial charge in [-0.25, -0.2) is 0 Å². The minimum Gasteiger partial charge on any atom is -0.497 e. The molecule has 7 heteroatoms. The number of rotatable bonds is 10. The van der Waals surface area contributed by atoms with Gasteiger partial charge in [0, 0.05) is 12.6 Å². The molecule has 0 aliphatic rings. The number of hydrogen-bond donors (Lipinski definition) is 1. The number of likely N-dealkylation sites (N-methyl/N-ethyl adjacent to an activating group) is 1. The molecule has 0 heterocycles. The van der Waals surface area contributed by atoms with Crippen molar-refractivity contribution in [2.45, 2.75) is 6.92 Å². The third-order valence-corrected chi connectivity index (χ3v) is 4.01. The molecule has 0 atom stereocenters. The van der Waals surface area contributed by atoms with Gasteiger partial charge in [0.15, 0.2) is 0 Å². The SMILES string of the molecule is CCOc1ccc(C(=O)NCC(=O)N(C)CCOc2ccc(OC)cc2)cc1. The maximum atomic E-state index is 12.2. The molecule has 2 aromatic carbocycles. The fourth-order valence-corrected chi connectivity index (χ4v) is 2.36. The average Bonchev–Trinajstić information content (AvgIpc) is 2.73. The molecule has 7 nitrogen and oxygen atoms in total. The van der Waals surface area contributed by atoms with Crippen LogP contribution in [0.15, 0.2) is 48.5 Å². The van der Waals surface area contributed by atoms with E-state index in [2.05, 4.69) is 5.32 Å². The minimum atomic E-state index is -0.306. The van der Waals surface area contributed by atoms with Gasteiger partial charge in [0.25, 0.3) is 5.91 Å². The predicted octanol–water partition coefficient (Wildman–Crippen LogP) is 2.36. The second kappa shape index (κ2) is 10.8. The molecule has 0 bridgehead atoms. The van der Waals surface area contributed by atoms with E-state index >= 15 is 0 Å². The van der Waals surface area contributed by atoms with Crippen LogP contribution in [0, 0.1) is 0 Å². The summed E-state index contributed by atoms with van der Waals surface area (Å²) >= 11 is 0. The van der Waals surface area contributed by atoms with E-state index in [-0.39, 0.29) is 18.4 Å². The van der Waals surface area contributed by atoms with Crippen molar-refractivity contribution in [3.8, 4) is 17.2 Å². The highest BCUT2D eigenvalue weighted by molar-refractivity contribution is 5.96. The highest BCUT2D eigenvalue weighted by atomic mass is 16.5. The summed E-state index contributed by atoms with van der Waals surface area (Å²) in [6, 6.07) is 14.0.